The van der Waals surface area contributed by atoms with Gasteiger partial charge in [-0.15, -0.1) is 0 Å². The van der Waals surface area contributed by atoms with Crippen LogP contribution >= 0.6 is 11.6 Å². The number of hydrogen-bond acceptors (Lipinski definition) is 5. The minimum absolute atomic E-state index is 0.304. The van der Waals surface area contributed by atoms with Gasteiger partial charge in [0.15, 0.2) is 5.82 Å². The quantitative estimate of drug-likeness (QED) is 0.671. The van der Waals surface area contributed by atoms with E-state index in [2.05, 4.69) is 15.6 Å². The zero-order valence-electron chi connectivity index (χ0n) is 15.7. The zero-order chi connectivity index (χ0) is 20.2. The van der Waals surface area contributed by atoms with Crippen LogP contribution in [0.15, 0.2) is 65.9 Å². The molecular weight excluding hydrogens is 392 g/mol. The number of aromatic nitrogens is 2. The Labute approximate surface area is 172 Å². The maximum absolute atomic E-state index is 12.6. The lowest BCUT2D eigenvalue weighted by molar-refractivity contribution is -0.125. The van der Waals surface area contributed by atoms with Crippen molar-refractivity contribution in [1.82, 2.24) is 9.78 Å². The summed E-state index contributed by atoms with van der Waals surface area (Å²) in [5.41, 5.74) is 2.44. The van der Waals surface area contributed by atoms with E-state index in [0.717, 1.165) is 11.1 Å². The van der Waals surface area contributed by atoms with E-state index in [-0.39, 0.29) is 5.91 Å². The first kappa shape index (κ1) is 19.0. The van der Waals surface area contributed by atoms with Gasteiger partial charge in [-0.25, -0.2) is 0 Å². The second-order valence-electron chi connectivity index (χ2n) is 6.52. The number of carbonyl (C=O) groups is 1. The number of methoxy groups -OCH3 is 1. The van der Waals surface area contributed by atoms with E-state index >= 15 is 0 Å². The van der Waals surface area contributed by atoms with E-state index in [9.17, 15) is 4.79 Å². The van der Waals surface area contributed by atoms with Gasteiger partial charge in [0, 0.05) is 29.3 Å². The lowest BCUT2D eigenvalue weighted by Gasteiger charge is -2.08. The molecule has 1 aliphatic rings. The highest BCUT2D eigenvalue weighted by Crippen LogP contribution is 2.25. The summed E-state index contributed by atoms with van der Waals surface area (Å²) in [7, 11) is 1.60. The molecule has 4 rings (SSSR count). The van der Waals surface area contributed by atoms with Crippen LogP contribution in [0.4, 0.5) is 5.82 Å². The molecule has 0 saturated heterocycles. The first-order valence-electron chi connectivity index (χ1n) is 9.08. The van der Waals surface area contributed by atoms with Crippen LogP contribution < -0.4 is 10.1 Å². The molecule has 2 aromatic carbocycles. The third kappa shape index (κ3) is 4.25. The normalized spacial score (nSPS) is 15.5. The number of carbonyl (C=O) groups excluding carboxylic acids is 1. The van der Waals surface area contributed by atoms with Crippen molar-refractivity contribution in [1.29, 1.82) is 0 Å². The van der Waals surface area contributed by atoms with Gasteiger partial charge >= 0.3 is 0 Å². The van der Waals surface area contributed by atoms with Gasteiger partial charge in [0.25, 0.3) is 5.91 Å². The van der Waals surface area contributed by atoms with E-state index < -0.39 is 6.10 Å². The molecule has 0 bridgehead atoms. The molecule has 1 unspecified atom stereocenters. The number of anilines is 1. The van der Waals surface area contributed by atoms with E-state index in [0.29, 0.717) is 35.3 Å². The van der Waals surface area contributed by atoms with Crippen molar-refractivity contribution in [2.75, 3.05) is 12.4 Å². The Morgan fingerprint density at radius 3 is 2.86 bits per heavy atom. The molecule has 0 fully saturated rings. The van der Waals surface area contributed by atoms with Crippen molar-refractivity contribution in [3.8, 4) is 5.75 Å². The predicted octanol–water partition coefficient (Wildman–Crippen LogP) is 3.73. The summed E-state index contributed by atoms with van der Waals surface area (Å²) >= 11 is 6.19. The Balaban J connectivity index is 1.37. The Bertz CT molecular complexity index is 1060. The Morgan fingerprint density at radius 2 is 2.03 bits per heavy atom. The van der Waals surface area contributed by atoms with E-state index in [1.807, 2.05) is 48.5 Å². The highest BCUT2D eigenvalue weighted by molar-refractivity contribution is 6.31. The number of halogens is 1. The number of rotatable bonds is 6. The fraction of sp³-hybridized carbons (Fsp3) is 0.190. The smallest absolute Gasteiger partial charge is 0.269 e. The van der Waals surface area contributed by atoms with Crippen LogP contribution in [0.25, 0.3) is 0 Å². The molecular formula is C21H19ClN4O3. The minimum atomic E-state index is -0.719. The first-order valence-corrected chi connectivity index (χ1v) is 9.45. The maximum Gasteiger partial charge on any atom is 0.269 e. The summed E-state index contributed by atoms with van der Waals surface area (Å²) in [5, 5.41) is 11.9. The Kier molecular flexibility index (Phi) is 5.48. The summed E-state index contributed by atoms with van der Waals surface area (Å²) in [4.78, 5) is 17.9. The molecule has 8 heteroatoms. The van der Waals surface area contributed by atoms with E-state index in [4.69, 9.17) is 21.2 Å². The van der Waals surface area contributed by atoms with Crippen LogP contribution in [0.5, 0.6) is 5.75 Å². The topological polar surface area (TPSA) is 77.7 Å². The molecule has 0 saturated carbocycles. The van der Waals surface area contributed by atoms with Crippen LogP contribution in [0.2, 0.25) is 5.02 Å². The fourth-order valence-corrected chi connectivity index (χ4v) is 3.28. The molecule has 0 spiro atoms. The number of benzene rings is 2. The van der Waals surface area contributed by atoms with Gasteiger partial charge in [0.05, 0.1) is 19.4 Å². The largest absolute Gasteiger partial charge is 0.496 e. The molecule has 1 amide bonds. The second-order valence-corrected chi connectivity index (χ2v) is 6.92. The number of para-hydroxylation sites is 1. The molecule has 1 aliphatic heterocycles. The molecule has 3 aromatic rings. The monoisotopic (exact) mass is 410 g/mol. The number of ether oxygens (including phenoxy) is 1. The third-order valence-corrected chi connectivity index (χ3v) is 4.93. The van der Waals surface area contributed by atoms with Crippen LogP contribution in [0.1, 0.15) is 17.5 Å². The molecule has 7 nitrogen and oxygen atoms in total. The van der Waals surface area contributed by atoms with Crippen LogP contribution in [-0.4, -0.2) is 34.6 Å². The van der Waals surface area contributed by atoms with Gasteiger partial charge in [-0.3, -0.25) is 9.48 Å². The van der Waals surface area contributed by atoms with Gasteiger partial charge in [-0.05, 0) is 23.8 Å². The molecule has 1 N–H and O–H groups in total. The van der Waals surface area contributed by atoms with E-state index in [1.54, 1.807) is 24.1 Å². The van der Waals surface area contributed by atoms with Gasteiger partial charge in [-0.1, -0.05) is 47.1 Å². The molecule has 148 valence electrons. The third-order valence-electron chi connectivity index (χ3n) is 4.56. The maximum atomic E-state index is 12.6. The SMILES string of the molecule is COc1ccccc1C1=NOC(C(=O)Nc2ccn(Cc3ccccc3Cl)n2)C1. The zero-order valence-corrected chi connectivity index (χ0v) is 16.5. The summed E-state index contributed by atoms with van der Waals surface area (Å²) < 4.78 is 7.06. The first-order chi connectivity index (χ1) is 14.1. The van der Waals surface area contributed by atoms with Crippen LogP contribution in [0.3, 0.4) is 0 Å². The van der Waals surface area contributed by atoms with Crippen molar-refractivity contribution >= 4 is 29.0 Å². The van der Waals surface area contributed by atoms with Gasteiger partial charge in [0.2, 0.25) is 6.10 Å². The van der Waals surface area contributed by atoms with Crippen molar-refractivity contribution < 1.29 is 14.4 Å². The number of nitrogens with zero attached hydrogens (tertiary/aromatic N) is 3. The van der Waals surface area contributed by atoms with Crippen molar-refractivity contribution in [2.45, 2.75) is 19.1 Å². The Morgan fingerprint density at radius 1 is 1.24 bits per heavy atom. The predicted molar refractivity (Wildman–Crippen MR) is 110 cm³/mol. The van der Waals surface area contributed by atoms with Crippen molar-refractivity contribution in [2.24, 2.45) is 5.16 Å². The average Bonchev–Trinajstić information content (AvgIpc) is 3.39. The highest BCUT2D eigenvalue weighted by Gasteiger charge is 2.30. The average molecular weight is 411 g/mol. The van der Waals surface area contributed by atoms with Gasteiger partial charge in [-0.2, -0.15) is 5.10 Å². The lowest BCUT2D eigenvalue weighted by Crippen LogP contribution is -2.28. The molecule has 29 heavy (non-hydrogen) atoms. The highest BCUT2D eigenvalue weighted by atomic mass is 35.5. The van der Waals surface area contributed by atoms with Gasteiger partial charge < -0.3 is 14.9 Å². The molecule has 0 aliphatic carbocycles. The summed E-state index contributed by atoms with van der Waals surface area (Å²) in [6.07, 6.45) is 1.42. The number of hydrogen-bond donors (Lipinski definition) is 1. The minimum Gasteiger partial charge on any atom is -0.496 e. The van der Waals surface area contributed by atoms with E-state index in [1.165, 1.54) is 0 Å². The molecule has 1 atom stereocenters. The number of nitrogens with one attached hydrogen (secondary N) is 1. The van der Waals surface area contributed by atoms with Crippen LogP contribution in [-0.2, 0) is 16.2 Å². The fourth-order valence-electron chi connectivity index (χ4n) is 3.08. The summed E-state index contributed by atoms with van der Waals surface area (Å²) in [5.74, 6) is 0.826. The van der Waals surface area contributed by atoms with Crippen molar-refractivity contribution in [3.05, 3.63) is 76.9 Å². The molecule has 0 radical (unpaired) electrons. The number of amides is 1. The second kappa shape index (κ2) is 8.36. The summed E-state index contributed by atoms with van der Waals surface area (Å²) in [6, 6.07) is 16.8. The molecule has 2 heterocycles. The molecule has 1 aromatic heterocycles. The Hall–Kier alpha value is -3.32. The van der Waals surface area contributed by atoms with Crippen LogP contribution in [0, 0.1) is 0 Å². The summed E-state index contributed by atoms with van der Waals surface area (Å²) in [6.45, 7) is 0.510. The number of oxime groups is 1. The lowest BCUT2D eigenvalue weighted by atomic mass is 10.0. The standard InChI is InChI=1S/C21H19ClN4O3/c1-28-18-9-5-3-7-15(18)17-12-19(29-25-17)21(27)23-20-10-11-26(24-20)13-14-6-2-4-8-16(14)22/h2-11,19H,12-13H2,1H3,(H,23,24,27). The van der Waals surface area contributed by atoms with Gasteiger partial charge in [0.1, 0.15) is 5.75 Å². The van der Waals surface area contributed by atoms with Crippen molar-refractivity contribution in [3.63, 3.8) is 0 Å².